The molecule has 0 unspecified atom stereocenters. The molecule has 0 aliphatic carbocycles. The molecular weight excluding hydrogens is 412 g/mol. The van der Waals surface area contributed by atoms with Gasteiger partial charge >= 0.3 is 5.97 Å². The van der Waals surface area contributed by atoms with Gasteiger partial charge in [0.1, 0.15) is 6.54 Å². The molecule has 3 rings (SSSR count). The Morgan fingerprint density at radius 2 is 1.83 bits per heavy atom. The van der Waals surface area contributed by atoms with Crippen LogP contribution in [0, 0.1) is 0 Å². The quantitative estimate of drug-likeness (QED) is 0.544. The molecule has 0 radical (unpaired) electrons. The Morgan fingerprint density at radius 3 is 2.50 bits per heavy atom. The number of nitrogens with one attached hydrogen (secondary N) is 1. The van der Waals surface area contributed by atoms with Gasteiger partial charge in [-0.2, -0.15) is 0 Å². The number of carbonyl (C=O) groups excluding carboxylic acids is 2. The number of nitrogens with two attached hydrogens (primary N) is 1. The van der Waals surface area contributed by atoms with Crippen molar-refractivity contribution in [2.75, 3.05) is 5.32 Å². The van der Waals surface area contributed by atoms with Gasteiger partial charge < -0.3 is 10.1 Å². The molecule has 2 aromatic carbocycles. The highest BCUT2D eigenvalue weighted by atomic mass is 32.2. The third kappa shape index (κ3) is 4.88. The van der Waals surface area contributed by atoms with Gasteiger partial charge in [0.15, 0.2) is 6.10 Å². The number of amides is 1. The molecule has 0 aliphatic heterocycles. The van der Waals surface area contributed by atoms with Crippen molar-refractivity contribution in [3.63, 3.8) is 0 Å². The van der Waals surface area contributed by atoms with Crippen LogP contribution < -0.4 is 16.0 Å². The minimum atomic E-state index is -3.84. The van der Waals surface area contributed by atoms with E-state index in [-0.39, 0.29) is 4.90 Å². The number of anilines is 1. The first kappa shape index (κ1) is 21.1. The van der Waals surface area contributed by atoms with Crippen LogP contribution in [0.15, 0.2) is 64.5 Å². The van der Waals surface area contributed by atoms with Crippen LogP contribution in [-0.2, 0) is 30.9 Å². The number of benzene rings is 2. The molecule has 1 amide bonds. The summed E-state index contributed by atoms with van der Waals surface area (Å²) in [6, 6.07) is 11.9. The SMILES string of the molecule is C[C@H](OC(=O)Cn1cnc2ccccc2c1=O)C(=O)Nc1ccc(S(N)(=O)=O)cc1. The van der Waals surface area contributed by atoms with E-state index in [0.29, 0.717) is 16.6 Å². The molecule has 30 heavy (non-hydrogen) atoms. The zero-order valence-electron chi connectivity index (χ0n) is 15.8. The summed E-state index contributed by atoms with van der Waals surface area (Å²) < 4.78 is 28.7. The van der Waals surface area contributed by atoms with Crippen LogP contribution in [-0.4, -0.2) is 35.9 Å². The number of aromatic nitrogens is 2. The second kappa shape index (κ2) is 8.43. The minimum Gasteiger partial charge on any atom is -0.451 e. The highest BCUT2D eigenvalue weighted by Crippen LogP contribution is 2.13. The molecule has 3 aromatic rings. The lowest BCUT2D eigenvalue weighted by molar-refractivity contribution is -0.153. The number of para-hydroxylation sites is 1. The van der Waals surface area contributed by atoms with Gasteiger partial charge in [-0.05, 0) is 43.3 Å². The first-order valence-electron chi connectivity index (χ1n) is 8.72. The normalized spacial score (nSPS) is 12.3. The predicted molar refractivity (Wildman–Crippen MR) is 108 cm³/mol. The fourth-order valence-electron chi connectivity index (χ4n) is 2.62. The molecule has 11 heteroatoms. The monoisotopic (exact) mass is 430 g/mol. The van der Waals surface area contributed by atoms with Crippen molar-refractivity contribution in [2.24, 2.45) is 5.14 Å². The molecule has 10 nitrogen and oxygen atoms in total. The zero-order chi connectivity index (χ0) is 21.9. The molecule has 1 atom stereocenters. The van der Waals surface area contributed by atoms with Crippen molar-refractivity contribution >= 4 is 38.5 Å². The molecule has 0 bridgehead atoms. The number of sulfonamides is 1. The number of carbonyl (C=O) groups is 2. The Hall–Kier alpha value is -3.57. The summed E-state index contributed by atoms with van der Waals surface area (Å²) in [5.74, 6) is -1.42. The van der Waals surface area contributed by atoms with Gasteiger partial charge in [-0.3, -0.25) is 19.0 Å². The average Bonchev–Trinajstić information content (AvgIpc) is 2.70. The summed E-state index contributed by atoms with van der Waals surface area (Å²) in [7, 11) is -3.84. The van der Waals surface area contributed by atoms with Gasteiger partial charge in [0.2, 0.25) is 10.0 Å². The van der Waals surface area contributed by atoms with Crippen LogP contribution in [0.5, 0.6) is 0 Å². The standard InChI is InChI=1S/C19H18N4O6S/c1-12(18(25)22-13-6-8-14(9-7-13)30(20,27)28)29-17(24)10-23-11-21-16-5-3-2-4-15(16)19(23)26/h2-9,11-12H,10H2,1H3,(H,22,25)(H2,20,27,28)/t12-/m0/s1. The van der Waals surface area contributed by atoms with E-state index in [4.69, 9.17) is 9.88 Å². The van der Waals surface area contributed by atoms with Crippen LogP contribution >= 0.6 is 0 Å². The van der Waals surface area contributed by atoms with E-state index in [0.717, 1.165) is 4.57 Å². The molecule has 0 aliphatic rings. The van der Waals surface area contributed by atoms with Crippen LogP contribution in [0.4, 0.5) is 5.69 Å². The van der Waals surface area contributed by atoms with Gasteiger partial charge in [-0.1, -0.05) is 12.1 Å². The predicted octanol–water partition coefficient (Wildman–Crippen LogP) is 0.614. The van der Waals surface area contributed by atoms with Crippen LogP contribution in [0.2, 0.25) is 0 Å². The van der Waals surface area contributed by atoms with Crippen LogP contribution in [0.1, 0.15) is 6.92 Å². The maximum atomic E-state index is 12.4. The number of rotatable bonds is 6. The largest absolute Gasteiger partial charge is 0.451 e. The fraction of sp³-hybridized carbons (Fsp3) is 0.158. The van der Waals surface area contributed by atoms with Gasteiger partial charge in [-0.15, -0.1) is 0 Å². The molecule has 0 saturated heterocycles. The van der Waals surface area contributed by atoms with Crippen molar-refractivity contribution in [3.8, 4) is 0 Å². The number of primary sulfonamides is 1. The summed E-state index contributed by atoms with van der Waals surface area (Å²) in [5.41, 5.74) is 0.406. The van der Waals surface area contributed by atoms with Gasteiger partial charge in [0.05, 0.1) is 22.1 Å². The first-order chi connectivity index (χ1) is 14.1. The lowest BCUT2D eigenvalue weighted by Crippen LogP contribution is -2.33. The Labute approximate surface area is 171 Å². The van der Waals surface area contributed by atoms with E-state index in [9.17, 15) is 22.8 Å². The van der Waals surface area contributed by atoms with Crippen molar-refractivity contribution in [1.82, 2.24) is 9.55 Å². The van der Waals surface area contributed by atoms with Crippen LogP contribution in [0.25, 0.3) is 10.9 Å². The van der Waals surface area contributed by atoms with Crippen molar-refractivity contribution in [2.45, 2.75) is 24.5 Å². The Balaban J connectivity index is 1.62. The van der Waals surface area contributed by atoms with Crippen LogP contribution in [0.3, 0.4) is 0 Å². The molecular formula is C19H18N4O6S. The Morgan fingerprint density at radius 1 is 1.17 bits per heavy atom. The lowest BCUT2D eigenvalue weighted by Gasteiger charge is -2.14. The smallest absolute Gasteiger partial charge is 0.326 e. The highest BCUT2D eigenvalue weighted by Gasteiger charge is 2.19. The molecule has 3 N–H and O–H groups in total. The molecule has 0 spiro atoms. The van der Waals surface area contributed by atoms with E-state index in [1.54, 1.807) is 24.3 Å². The maximum absolute atomic E-state index is 12.4. The minimum absolute atomic E-state index is 0.102. The van der Waals surface area contributed by atoms with E-state index < -0.39 is 40.1 Å². The first-order valence-corrected chi connectivity index (χ1v) is 10.3. The summed E-state index contributed by atoms with van der Waals surface area (Å²) in [6.45, 7) is 0.963. The zero-order valence-corrected chi connectivity index (χ0v) is 16.6. The third-order valence-corrected chi connectivity index (χ3v) is 5.09. The number of hydrogen-bond acceptors (Lipinski definition) is 7. The van der Waals surface area contributed by atoms with E-state index in [1.807, 2.05) is 0 Å². The Kier molecular flexibility index (Phi) is 5.94. The van der Waals surface area contributed by atoms with E-state index in [2.05, 4.69) is 10.3 Å². The molecule has 156 valence electrons. The summed E-state index contributed by atoms with van der Waals surface area (Å²) >= 11 is 0. The highest BCUT2D eigenvalue weighted by molar-refractivity contribution is 7.89. The molecule has 0 saturated carbocycles. The molecule has 0 fully saturated rings. The summed E-state index contributed by atoms with van der Waals surface area (Å²) in [6.07, 6.45) is 0.0866. The van der Waals surface area contributed by atoms with Crippen molar-refractivity contribution in [3.05, 3.63) is 65.2 Å². The fourth-order valence-corrected chi connectivity index (χ4v) is 3.13. The molecule has 1 aromatic heterocycles. The second-order valence-electron chi connectivity index (χ2n) is 6.39. The second-order valence-corrected chi connectivity index (χ2v) is 7.95. The van der Waals surface area contributed by atoms with E-state index >= 15 is 0 Å². The number of hydrogen-bond donors (Lipinski definition) is 2. The number of ether oxygens (including phenoxy) is 1. The van der Waals surface area contributed by atoms with Gasteiger partial charge in [0.25, 0.3) is 11.5 Å². The van der Waals surface area contributed by atoms with Gasteiger partial charge in [0, 0.05) is 5.69 Å². The average molecular weight is 430 g/mol. The summed E-state index contributed by atoms with van der Waals surface area (Å²) in [5, 5.41) is 7.87. The topological polar surface area (TPSA) is 150 Å². The van der Waals surface area contributed by atoms with E-state index in [1.165, 1.54) is 37.5 Å². The summed E-state index contributed by atoms with van der Waals surface area (Å²) in [4.78, 5) is 40.8. The Bertz CT molecular complexity index is 1270. The number of esters is 1. The third-order valence-electron chi connectivity index (χ3n) is 4.16. The maximum Gasteiger partial charge on any atom is 0.326 e. The lowest BCUT2D eigenvalue weighted by atomic mass is 10.2. The van der Waals surface area contributed by atoms with Crippen molar-refractivity contribution in [1.29, 1.82) is 0 Å². The van der Waals surface area contributed by atoms with Gasteiger partial charge in [-0.25, -0.2) is 18.5 Å². The van der Waals surface area contributed by atoms with Crippen molar-refractivity contribution < 1.29 is 22.7 Å². The molecule has 1 heterocycles. The number of nitrogens with zero attached hydrogens (tertiary/aromatic N) is 2. The number of fused-ring (bicyclic) bond motifs is 1.